The summed E-state index contributed by atoms with van der Waals surface area (Å²) in [5.74, 6) is 0.208. The van der Waals surface area contributed by atoms with E-state index in [9.17, 15) is 33.0 Å². The van der Waals surface area contributed by atoms with Gasteiger partial charge >= 0.3 is 5.97 Å². The Morgan fingerprint density at radius 2 is 1.65 bits per heavy atom. The molecule has 0 fully saturated rings. The molecule has 2 aromatic rings. The largest absolute Gasteiger partial charge is 0.778 e. The standard InChI is InChI=1S/C19H15FN2O4.C9H16ClN5.C3H8NO5P.C3H9S/c1-2-7-21-15-9-14(13(20)8-16(15)26-10-17(21)23)22-18(24)11-5-3-4-6-12(11)19(22)25;1-5-11-7-12-6(10)13-8(14-7)15-9(2,3)4;5-3(6)1-4-2-10(7,8)9;1-4(2)3/h1,8-9H,3-7,10H2;5H2,1-4H3,(H2,11,12,13,14,15);4H,1-2H2,(H,5,6)(H2,7,8,9);1-3H3/q;;;+1/p-1. The van der Waals surface area contributed by atoms with E-state index in [4.69, 9.17) is 32.8 Å². The average molecular weight is 829 g/mol. The molecule has 0 bridgehead atoms. The quantitative estimate of drug-likeness (QED) is 0.106. The highest BCUT2D eigenvalue weighted by atomic mass is 35.5. The molecule has 1 atom stereocenters. The molecule has 3 heterocycles. The summed E-state index contributed by atoms with van der Waals surface area (Å²) in [6.45, 7) is 8.05. The van der Waals surface area contributed by atoms with Crippen molar-refractivity contribution in [3.8, 4) is 18.1 Å². The predicted molar refractivity (Wildman–Crippen MR) is 209 cm³/mol. The number of aromatic nitrogens is 3. The molecule has 0 saturated carbocycles. The van der Waals surface area contributed by atoms with Crippen molar-refractivity contribution >= 4 is 77.1 Å². The second-order valence-electron chi connectivity index (χ2n) is 13.4. The third kappa shape index (κ3) is 15.4. The van der Waals surface area contributed by atoms with Crippen LogP contribution in [-0.4, -0.2) is 105 Å². The Hall–Kier alpha value is -4.31. The van der Waals surface area contributed by atoms with Gasteiger partial charge in [-0.2, -0.15) is 15.0 Å². The number of carbonyl (C=O) groups excluding carboxylic acids is 3. The van der Waals surface area contributed by atoms with E-state index in [1.807, 2.05) is 33.0 Å². The van der Waals surface area contributed by atoms with Crippen LogP contribution >= 0.6 is 19.2 Å². The second-order valence-corrected chi connectivity index (χ2v) is 17.7. The number of aliphatic carboxylic acids is 1. The van der Waals surface area contributed by atoms with E-state index in [0.717, 1.165) is 30.4 Å². The van der Waals surface area contributed by atoms with Crippen LogP contribution in [0.15, 0.2) is 23.3 Å². The van der Waals surface area contributed by atoms with E-state index in [0.29, 0.717) is 46.8 Å². The van der Waals surface area contributed by atoms with Crippen LogP contribution < -0.4 is 35.4 Å². The highest BCUT2D eigenvalue weighted by Gasteiger charge is 2.41. The van der Waals surface area contributed by atoms with Crippen LogP contribution in [0.25, 0.3) is 0 Å². The Kier molecular flexibility index (Phi) is 18.0. The fraction of sp³-hybridized carbons (Fsp3) is 0.500. The zero-order chi connectivity index (χ0) is 41.7. The van der Waals surface area contributed by atoms with Crippen molar-refractivity contribution in [3.63, 3.8) is 0 Å². The summed E-state index contributed by atoms with van der Waals surface area (Å²) in [6.07, 6.45) is 13.9. The number of carbonyl (C=O) groups is 4. The number of hydrogen-bond acceptors (Lipinski definition) is 13. The summed E-state index contributed by atoms with van der Waals surface area (Å²) >= 11 is 5.77. The van der Waals surface area contributed by atoms with Crippen molar-refractivity contribution in [1.82, 2.24) is 20.3 Å². The molecule has 55 heavy (non-hydrogen) atoms. The zero-order valence-corrected chi connectivity index (χ0v) is 34.2. The Morgan fingerprint density at radius 3 is 2.15 bits per heavy atom. The van der Waals surface area contributed by atoms with Gasteiger partial charge in [-0.05, 0) is 81.9 Å². The van der Waals surface area contributed by atoms with Gasteiger partial charge in [-0.3, -0.25) is 29.4 Å². The lowest BCUT2D eigenvalue weighted by Crippen LogP contribution is -2.39. The van der Waals surface area contributed by atoms with Crippen molar-refractivity contribution in [3.05, 3.63) is 34.4 Å². The molecule has 1 aromatic heterocycles. The molecule has 302 valence electrons. The Labute approximate surface area is 327 Å². The van der Waals surface area contributed by atoms with Gasteiger partial charge in [0.15, 0.2) is 12.4 Å². The fourth-order valence-corrected chi connectivity index (χ4v) is 5.44. The second kappa shape index (κ2) is 21.1. The number of imide groups is 1. The number of benzene rings is 1. The highest BCUT2D eigenvalue weighted by Crippen LogP contribution is 2.41. The highest BCUT2D eigenvalue weighted by molar-refractivity contribution is 7.94. The van der Waals surface area contributed by atoms with Gasteiger partial charge in [0.1, 0.15) is 13.3 Å². The van der Waals surface area contributed by atoms with Crippen LogP contribution in [0.5, 0.6) is 5.75 Å². The number of hydrogen-bond donors (Lipinski definition) is 5. The minimum atomic E-state index is -4.35. The minimum Gasteiger partial charge on any atom is -0.778 e. The molecular formula is C34H47ClFN8O9PS. The summed E-state index contributed by atoms with van der Waals surface area (Å²) in [5.41, 5.74) is 0.889. The summed E-state index contributed by atoms with van der Waals surface area (Å²) in [5, 5.41) is 16.3. The molecule has 3 aliphatic rings. The molecule has 0 saturated heterocycles. The first-order chi connectivity index (χ1) is 25.6. The Morgan fingerprint density at radius 1 is 1.09 bits per heavy atom. The first-order valence-corrected chi connectivity index (χ1v) is 21.4. The SMILES string of the molecule is C#CCN1C(=O)COc2cc(F)c(N3C(=O)C4=C(CCCC4)C3=O)cc21.CCNc1nc(Cl)nc(NC(C)(C)C)n1.C[S+](C)C.O=C(O)CNCP(=O)([O-])O. The number of carboxylic acids is 1. The van der Waals surface area contributed by atoms with E-state index in [-0.39, 0.29) is 47.0 Å². The average Bonchev–Trinajstić information content (AvgIpc) is 3.30. The third-order valence-corrected chi connectivity index (χ3v) is 7.66. The van der Waals surface area contributed by atoms with Gasteiger partial charge in [0.25, 0.3) is 17.7 Å². The van der Waals surface area contributed by atoms with E-state index in [1.165, 1.54) is 11.0 Å². The fourth-order valence-electron chi connectivity index (χ4n) is 4.89. The maximum atomic E-state index is 14.7. The molecule has 21 heteroatoms. The first kappa shape index (κ1) is 46.8. The van der Waals surface area contributed by atoms with Crippen molar-refractivity contribution in [2.75, 3.05) is 71.7 Å². The van der Waals surface area contributed by atoms with Gasteiger partial charge in [0, 0.05) is 29.3 Å². The van der Waals surface area contributed by atoms with Crippen LogP contribution in [0, 0.1) is 18.2 Å². The predicted octanol–water partition coefficient (Wildman–Crippen LogP) is 2.75. The molecular weight excluding hydrogens is 782 g/mol. The van der Waals surface area contributed by atoms with Gasteiger partial charge in [0.05, 0.1) is 49.5 Å². The number of carboxylic acid groups (broad SMARTS) is 1. The van der Waals surface area contributed by atoms with Crippen LogP contribution in [-0.2, 0) is 34.6 Å². The molecule has 17 nitrogen and oxygen atoms in total. The first-order valence-electron chi connectivity index (χ1n) is 16.8. The number of nitrogens with zero attached hydrogens (tertiary/aromatic N) is 5. The number of ether oxygens (including phenoxy) is 1. The molecule has 0 spiro atoms. The topological polar surface area (TPSA) is 239 Å². The minimum absolute atomic E-state index is 0.0170. The smallest absolute Gasteiger partial charge is 0.317 e. The molecule has 1 aliphatic carbocycles. The zero-order valence-electron chi connectivity index (χ0n) is 31.7. The van der Waals surface area contributed by atoms with Crippen LogP contribution in [0.4, 0.5) is 27.7 Å². The Bertz CT molecular complexity index is 1820. The van der Waals surface area contributed by atoms with E-state index < -0.39 is 44.0 Å². The lowest BCUT2D eigenvalue weighted by molar-refractivity contribution is -0.193. The maximum absolute atomic E-state index is 14.7. The van der Waals surface area contributed by atoms with E-state index in [2.05, 4.69) is 50.3 Å². The van der Waals surface area contributed by atoms with Crippen LogP contribution in [0.2, 0.25) is 5.28 Å². The van der Waals surface area contributed by atoms with Crippen molar-refractivity contribution < 1.29 is 47.8 Å². The molecule has 1 unspecified atom stereocenters. The lowest BCUT2D eigenvalue weighted by atomic mass is 9.93. The number of halogens is 2. The molecule has 0 radical (unpaired) electrons. The molecule has 3 amide bonds. The Balaban J connectivity index is 0.000000305. The van der Waals surface area contributed by atoms with Gasteiger partial charge in [-0.15, -0.1) is 6.42 Å². The lowest BCUT2D eigenvalue weighted by Gasteiger charge is -2.29. The normalized spacial score (nSPS) is 15.8. The van der Waals surface area contributed by atoms with Crippen LogP contribution in [0.1, 0.15) is 53.4 Å². The van der Waals surface area contributed by atoms with Crippen molar-refractivity contribution in [2.45, 2.75) is 58.9 Å². The summed E-state index contributed by atoms with van der Waals surface area (Å²) in [7, 11) is -3.71. The van der Waals surface area contributed by atoms with Gasteiger partial charge in [0.2, 0.25) is 17.2 Å². The monoisotopic (exact) mass is 828 g/mol. The van der Waals surface area contributed by atoms with Crippen molar-refractivity contribution in [2.24, 2.45) is 0 Å². The molecule has 2 aliphatic heterocycles. The number of nitrogens with one attached hydrogen (secondary N) is 3. The number of fused-ring (bicyclic) bond motifs is 1. The van der Waals surface area contributed by atoms with E-state index in [1.54, 1.807) is 0 Å². The summed E-state index contributed by atoms with van der Waals surface area (Å²) < 4.78 is 29.9. The number of rotatable bonds is 9. The summed E-state index contributed by atoms with van der Waals surface area (Å²) in [4.78, 5) is 79.4. The number of terminal acetylenes is 1. The molecule has 1 aromatic carbocycles. The number of amides is 3. The third-order valence-electron chi connectivity index (χ3n) is 6.87. The van der Waals surface area contributed by atoms with Gasteiger partial charge in [-0.25, -0.2) is 9.29 Å². The maximum Gasteiger partial charge on any atom is 0.317 e. The molecule has 5 rings (SSSR count). The van der Waals surface area contributed by atoms with Crippen LogP contribution in [0.3, 0.4) is 0 Å². The van der Waals surface area contributed by atoms with Gasteiger partial charge < -0.3 is 34.8 Å². The summed E-state index contributed by atoms with van der Waals surface area (Å²) in [6, 6.07) is 2.37. The van der Waals surface area contributed by atoms with E-state index >= 15 is 0 Å². The van der Waals surface area contributed by atoms with Gasteiger partial charge in [-0.1, -0.05) is 5.92 Å². The number of anilines is 4. The molecule has 5 N–H and O–H groups in total. The van der Waals surface area contributed by atoms with Crippen molar-refractivity contribution in [1.29, 1.82) is 0 Å².